The lowest BCUT2D eigenvalue weighted by Gasteiger charge is -2.11. The van der Waals surface area contributed by atoms with Crippen molar-refractivity contribution >= 4 is 31.3 Å². The van der Waals surface area contributed by atoms with Crippen LogP contribution in [0.15, 0.2) is 41.3 Å². The Balaban J connectivity index is 2.28. The topological polar surface area (TPSA) is 43.4 Å². The maximum Gasteiger partial charge on any atom is 0.264 e. The molecule has 0 aliphatic heterocycles. The van der Waals surface area contributed by atoms with Gasteiger partial charge in [-0.3, -0.25) is 0 Å². The highest BCUT2D eigenvalue weighted by Gasteiger charge is 2.17. The first-order chi connectivity index (χ1) is 9.77. The molecule has 21 heavy (non-hydrogen) atoms. The predicted octanol–water partition coefficient (Wildman–Crippen LogP) is 4.29. The van der Waals surface area contributed by atoms with Gasteiger partial charge >= 0.3 is 0 Å². The number of hydrogen-bond acceptors (Lipinski definition) is 3. The van der Waals surface area contributed by atoms with Gasteiger partial charge in [-0.25, -0.2) is 12.8 Å². The summed E-state index contributed by atoms with van der Waals surface area (Å²) in [6, 6.07) is 8.72. The molecule has 0 atom stereocenters. The fraction of sp³-hybridized carbons (Fsp3) is 0.143. The van der Waals surface area contributed by atoms with E-state index in [4.69, 9.17) is 27.0 Å². The van der Waals surface area contributed by atoms with E-state index in [0.29, 0.717) is 0 Å². The first-order valence-electron chi connectivity index (χ1n) is 5.89. The minimum Gasteiger partial charge on any atom is -0.487 e. The van der Waals surface area contributed by atoms with Crippen molar-refractivity contribution in [2.75, 3.05) is 0 Å². The lowest BCUT2D eigenvalue weighted by molar-refractivity contribution is 0.292. The minimum absolute atomic E-state index is 0.0740. The van der Waals surface area contributed by atoms with E-state index in [0.717, 1.165) is 11.6 Å². The number of rotatable bonds is 4. The monoisotopic (exact) mass is 348 g/mol. The van der Waals surface area contributed by atoms with Crippen LogP contribution in [0, 0.1) is 12.7 Å². The van der Waals surface area contributed by atoms with Crippen LogP contribution >= 0.6 is 22.3 Å². The average Bonchev–Trinajstić information content (AvgIpc) is 2.38. The molecule has 0 aliphatic rings. The molecule has 7 heteroatoms. The average molecular weight is 349 g/mol. The summed E-state index contributed by atoms with van der Waals surface area (Å²) in [5.74, 6) is -0.449. The molecule has 0 saturated heterocycles. The molecule has 0 amide bonds. The summed E-state index contributed by atoms with van der Waals surface area (Å²) < 4.78 is 42.1. The Morgan fingerprint density at radius 1 is 1.19 bits per heavy atom. The smallest absolute Gasteiger partial charge is 0.264 e. The Labute approximate surface area is 131 Å². The summed E-state index contributed by atoms with van der Waals surface area (Å²) in [7, 11) is 1.43. The van der Waals surface area contributed by atoms with Gasteiger partial charge in [0.05, 0.1) is 0 Å². The Bertz CT molecular complexity index is 776. The molecule has 0 saturated carbocycles. The van der Waals surface area contributed by atoms with Gasteiger partial charge in [0.2, 0.25) is 0 Å². The highest BCUT2D eigenvalue weighted by atomic mass is 35.7. The molecule has 0 aromatic heterocycles. The van der Waals surface area contributed by atoms with E-state index in [2.05, 4.69) is 0 Å². The summed E-state index contributed by atoms with van der Waals surface area (Å²) in [5, 5.41) is 0.274. The largest absolute Gasteiger partial charge is 0.487 e. The highest BCUT2D eigenvalue weighted by molar-refractivity contribution is 8.13. The minimum atomic E-state index is -3.94. The van der Waals surface area contributed by atoms with Crippen LogP contribution in [0.2, 0.25) is 5.02 Å². The molecule has 0 heterocycles. The van der Waals surface area contributed by atoms with Crippen molar-refractivity contribution in [2.45, 2.75) is 18.4 Å². The third kappa shape index (κ3) is 4.09. The maximum atomic E-state index is 13.6. The Morgan fingerprint density at radius 3 is 2.52 bits per heavy atom. The van der Waals surface area contributed by atoms with Crippen LogP contribution in [0.5, 0.6) is 5.75 Å². The van der Waals surface area contributed by atoms with Crippen molar-refractivity contribution in [3.63, 3.8) is 0 Å². The van der Waals surface area contributed by atoms with Crippen LogP contribution < -0.4 is 4.74 Å². The first kappa shape index (κ1) is 16.1. The van der Waals surface area contributed by atoms with Crippen molar-refractivity contribution in [1.29, 1.82) is 0 Å². The molecule has 0 aliphatic carbocycles. The SMILES string of the molecule is Cc1ccc(OCc2ccc(Cl)cc2F)c(S(=O)(=O)Cl)c1. The van der Waals surface area contributed by atoms with E-state index in [1.54, 1.807) is 13.0 Å². The van der Waals surface area contributed by atoms with Crippen molar-refractivity contribution in [1.82, 2.24) is 0 Å². The van der Waals surface area contributed by atoms with Gasteiger partial charge in [0.1, 0.15) is 23.1 Å². The normalized spacial score (nSPS) is 11.4. The van der Waals surface area contributed by atoms with E-state index in [9.17, 15) is 12.8 Å². The van der Waals surface area contributed by atoms with Crippen LogP contribution in [-0.4, -0.2) is 8.42 Å². The Hall–Kier alpha value is -1.30. The van der Waals surface area contributed by atoms with Gasteiger partial charge in [0, 0.05) is 21.3 Å². The van der Waals surface area contributed by atoms with Crippen molar-refractivity contribution in [3.05, 3.63) is 58.4 Å². The van der Waals surface area contributed by atoms with E-state index >= 15 is 0 Å². The van der Waals surface area contributed by atoms with Crippen LogP contribution in [0.3, 0.4) is 0 Å². The number of benzene rings is 2. The Kier molecular flexibility index (Phi) is 4.76. The van der Waals surface area contributed by atoms with Crippen LogP contribution in [0.25, 0.3) is 0 Å². The molecule has 0 radical (unpaired) electrons. The summed E-state index contributed by atoms with van der Waals surface area (Å²) in [4.78, 5) is -0.140. The second kappa shape index (κ2) is 6.22. The molecule has 0 bridgehead atoms. The van der Waals surface area contributed by atoms with E-state index in [1.165, 1.54) is 24.3 Å². The standard InChI is InChI=1S/C14H11Cl2FO3S/c1-9-2-5-13(14(6-9)21(16,18)19)20-8-10-3-4-11(15)7-12(10)17/h2-7H,8H2,1H3. The van der Waals surface area contributed by atoms with Gasteiger partial charge in [0.25, 0.3) is 9.05 Å². The first-order valence-corrected chi connectivity index (χ1v) is 8.58. The molecule has 0 spiro atoms. The van der Waals surface area contributed by atoms with E-state index in [-0.39, 0.29) is 27.8 Å². The van der Waals surface area contributed by atoms with Crippen LogP contribution in [0.4, 0.5) is 4.39 Å². The maximum absolute atomic E-state index is 13.6. The Morgan fingerprint density at radius 2 is 1.90 bits per heavy atom. The van der Waals surface area contributed by atoms with E-state index < -0.39 is 14.9 Å². The van der Waals surface area contributed by atoms with Gasteiger partial charge in [-0.1, -0.05) is 23.7 Å². The van der Waals surface area contributed by atoms with Gasteiger partial charge in [-0.2, -0.15) is 0 Å². The second-order valence-corrected chi connectivity index (χ2v) is 7.38. The third-order valence-electron chi connectivity index (χ3n) is 2.76. The summed E-state index contributed by atoms with van der Waals surface area (Å²) >= 11 is 5.66. The zero-order chi connectivity index (χ0) is 15.6. The van der Waals surface area contributed by atoms with Crippen molar-refractivity contribution < 1.29 is 17.5 Å². The molecule has 2 aromatic rings. The number of ether oxygens (including phenoxy) is 1. The molecule has 0 fully saturated rings. The molecule has 3 nitrogen and oxygen atoms in total. The molecule has 112 valence electrons. The van der Waals surface area contributed by atoms with Crippen LogP contribution in [0.1, 0.15) is 11.1 Å². The fourth-order valence-corrected chi connectivity index (χ4v) is 2.93. The second-order valence-electron chi connectivity index (χ2n) is 4.41. The highest BCUT2D eigenvalue weighted by Crippen LogP contribution is 2.29. The zero-order valence-electron chi connectivity index (χ0n) is 10.9. The van der Waals surface area contributed by atoms with Crippen molar-refractivity contribution in [3.8, 4) is 5.75 Å². The zero-order valence-corrected chi connectivity index (χ0v) is 13.3. The number of aryl methyl sites for hydroxylation is 1. The van der Waals surface area contributed by atoms with Crippen LogP contribution in [-0.2, 0) is 15.7 Å². The number of hydrogen-bond donors (Lipinski definition) is 0. The predicted molar refractivity (Wildman–Crippen MR) is 80.0 cm³/mol. The summed E-state index contributed by atoms with van der Waals surface area (Å²) in [6.45, 7) is 1.60. The van der Waals surface area contributed by atoms with Gasteiger partial charge < -0.3 is 4.74 Å². The number of halogens is 3. The molecule has 0 unspecified atom stereocenters. The summed E-state index contributed by atoms with van der Waals surface area (Å²) in [6.07, 6.45) is 0. The molecular weight excluding hydrogens is 338 g/mol. The van der Waals surface area contributed by atoms with E-state index in [1.807, 2.05) is 0 Å². The van der Waals surface area contributed by atoms with Gasteiger partial charge in [-0.05, 0) is 36.8 Å². The molecule has 2 rings (SSSR count). The van der Waals surface area contributed by atoms with Gasteiger partial charge in [0.15, 0.2) is 0 Å². The molecule has 0 N–H and O–H groups in total. The third-order valence-corrected chi connectivity index (χ3v) is 4.34. The summed E-state index contributed by atoms with van der Waals surface area (Å²) in [5.41, 5.74) is 0.983. The molecule has 2 aromatic carbocycles. The quantitative estimate of drug-likeness (QED) is 0.774. The lowest BCUT2D eigenvalue weighted by Crippen LogP contribution is -2.02. The fourth-order valence-electron chi connectivity index (χ4n) is 1.72. The molecular formula is C14H11Cl2FO3S. The van der Waals surface area contributed by atoms with Gasteiger partial charge in [-0.15, -0.1) is 0 Å². The lowest BCUT2D eigenvalue weighted by atomic mass is 10.2. The van der Waals surface area contributed by atoms with Crippen molar-refractivity contribution in [2.24, 2.45) is 0 Å².